The van der Waals surface area contributed by atoms with Crippen LogP contribution < -0.4 is 5.32 Å². The first-order valence-electron chi connectivity index (χ1n) is 9.08. The lowest BCUT2D eigenvalue weighted by molar-refractivity contribution is -0.138. The van der Waals surface area contributed by atoms with Crippen molar-refractivity contribution in [3.05, 3.63) is 35.6 Å². The third-order valence-corrected chi connectivity index (χ3v) is 5.29. The van der Waals surface area contributed by atoms with E-state index in [1.807, 2.05) is 18.0 Å². The Balaban J connectivity index is 0.00000169. The first kappa shape index (κ1) is 23.2. The van der Waals surface area contributed by atoms with Crippen LogP contribution >= 0.6 is 24.8 Å². The van der Waals surface area contributed by atoms with Gasteiger partial charge in [-0.1, -0.05) is 12.1 Å². The van der Waals surface area contributed by atoms with Gasteiger partial charge in [-0.15, -0.1) is 24.8 Å². The van der Waals surface area contributed by atoms with E-state index in [1.165, 1.54) is 6.07 Å². The predicted octanol–water partition coefficient (Wildman–Crippen LogP) is 3.09. The lowest BCUT2D eigenvalue weighted by atomic mass is 9.94. The molecule has 0 radical (unpaired) electrons. The number of halogens is 3. The number of likely N-dealkylation sites (tertiary alicyclic amines) is 2. The van der Waals surface area contributed by atoms with E-state index in [-0.39, 0.29) is 36.5 Å². The molecule has 1 aromatic rings. The number of hydrogen-bond donors (Lipinski definition) is 1. The van der Waals surface area contributed by atoms with Gasteiger partial charge in [0, 0.05) is 32.2 Å². The van der Waals surface area contributed by atoms with Gasteiger partial charge in [-0.25, -0.2) is 4.39 Å². The van der Waals surface area contributed by atoms with Crippen molar-refractivity contribution < 1.29 is 9.18 Å². The smallest absolute Gasteiger partial charge is 0.227 e. The van der Waals surface area contributed by atoms with E-state index >= 15 is 0 Å². The molecule has 2 aliphatic rings. The van der Waals surface area contributed by atoms with Crippen molar-refractivity contribution in [2.24, 2.45) is 5.92 Å². The molecule has 0 bridgehead atoms. The number of piperidine rings is 2. The minimum absolute atomic E-state index is 0. The largest absolute Gasteiger partial charge is 0.341 e. The van der Waals surface area contributed by atoms with Crippen LogP contribution in [0, 0.1) is 11.7 Å². The molecule has 0 saturated carbocycles. The van der Waals surface area contributed by atoms with E-state index in [9.17, 15) is 9.18 Å². The number of carbonyl (C=O) groups excluding carboxylic acids is 1. The number of hydrogen-bond acceptors (Lipinski definition) is 3. The number of nitrogens with one attached hydrogen (secondary N) is 1. The summed E-state index contributed by atoms with van der Waals surface area (Å²) in [4.78, 5) is 17.2. The van der Waals surface area contributed by atoms with Crippen molar-refractivity contribution in [3.8, 4) is 0 Å². The van der Waals surface area contributed by atoms with Gasteiger partial charge in [-0.05, 0) is 57.0 Å². The molecule has 7 heteroatoms. The zero-order chi connectivity index (χ0) is 16.9. The second kappa shape index (κ2) is 11.1. The highest BCUT2D eigenvalue weighted by Gasteiger charge is 2.31. The number of likely N-dealkylation sites (N-methyl/N-ethyl adjacent to an activating group) is 1. The van der Waals surface area contributed by atoms with Gasteiger partial charge < -0.3 is 10.2 Å². The van der Waals surface area contributed by atoms with Crippen molar-refractivity contribution >= 4 is 30.7 Å². The SMILES string of the molecule is CNC1CCCN(C(=O)C2CCCN(Cc3cccc(F)c3)C2)C1.Cl.Cl. The van der Waals surface area contributed by atoms with Crippen molar-refractivity contribution in [3.63, 3.8) is 0 Å². The molecule has 1 amide bonds. The van der Waals surface area contributed by atoms with Crippen LogP contribution in [0.3, 0.4) is 0 Å². The zero-order valence-corrected chi connectivity index (χ0v) is 17.0. The topological polar surface area (TPSA) is 35.6 Å². The molecule has 1 aromatic carbocycles. The summed E-state index contributed by atoms with van der Waals surface area (Å²) in [6, 6.07) is 7.20. The molecule has 0 spiro atoms. The third-order valence-electron chi connectivity index (χ3n) is 5.29. The Morgan fingerprint density at radius 1 is 1.19 bits per heavy atom. The quantitative estimate of drug-likeness (QED) is 0.835. The van der Waals surface area contributed by atoms with Crippen LogP contribution in [0.5, 0.6) is 0 Å². The molecule has 2 saturated heterocycles. The molecule has 4 nitrogen and oxygen atoms in total. The second-order valence-corrected chi connectivity index (χ2v) is 7.12. The van der Waals surface area contributed by atoms with Gasteiger partial charge in [-0.3, -0.25) is 9.69 Å². The number of nitrogens with zero attached hydrogens (tertiary/aromatic N) is 2. The van der Waals surface area contributed by atoms with E-state index in [0.717, 1.165) is 64.0 Å². The Morgan fingerprint density at radius 3 is 2.69 bits per heavy atom. The van der Waals surface area contributed by atoms with Crippen LogP contribution in [0.1, 0.15) is 31.2 Å². The van der Waals surface area contributed by atoms with Crippen LogP contribution in [0.25, 0.3) is 0 Å². The summed E-state index contributed by atoms with van der Waals surface area (Å²) in [5.41, 5.74) is 0.983. The molecule has 0 aromatic heterocycles. The summed E-state index contributed by atoms with van der Waals surface area (Å²) in [6.07, 6.45) is 4.24. The van der Waals surface area contributed by atoms with Gasteiger partial charge >= 0.3 is 0 Å². The second-order valence-electron chi connectivity index (χ2n) is 7.12. The molecule has 2 fully saturated rings. The van der Waals surface area contributed by atoms with Crippen molar-refractivity contribution in [2.75, 3.05) is 33.2 Å². The number of rotatable bonds is 4. The Morgan fingerprint density at radius 2 is 1.96 bits per heavy atom. The number of benzene rings is 1. The lowest BCUT2D eigenvalue weighted by Crippen LogP contribution is -2.51. The monoisotopic (exact) mass is 405 g/mol. The van der Waals surface area contributed by atoms with E-state index in [2.05, 4.69) is 10.2 Å². The van der Waals surface area contributed by atoms with Gasteiger partial charge in [0.25, 0.3) is 0 Å². The first-order valence-corrected chi connectivity index (χ1v) is 9.08. The van der Waals surface area contributed by atoms with Crippen molar-refractivity contribution in [1.29, 1.82) is 0 Å². The van der Waals surface area contributed by atoms with Gasteiger partial charge in [0.05, 0.1) is 5.92 Å². The van der Waals surface area contributed by atoms with Crippen LogP contribution in [0.15, 0.2) is 24.3 Å². The Kier molecular flexibility index (Phi) is 9.86. The van der Waals surface area contributed by atoms with Gasteiger partial charge in [0.2, 0.25) is 5.91 Å². The Labute approximate surface area is 168 Å². The number of carbonyl (C=O) groups is 1. The highest BCUT2D eigenvalue weighted by molar-refractivity contribution is 5.85. The maximum absolute atomic E-state index is 13.4. The molecule has 2 heterocycles. The zero-order valence-electron chi connectivity index (χ0n) is 15.3. The van der Waals surface area contributed by atoms with E-state index in [4.69, 9.17) is 0 Å². The van der Waals surface area contributed by atoms with Gasteiger partial charge in [0.1, 0.15) is 5.82 Å². The summed E-state index contributed by atoms with van der Waals surface area (Å²) in [5.74, 6) is 0.199. The fourth-order valence-electron chi connectivity index (χ4n) is 3.97. The van der Waals surface area contributed by atoms with Crippen LogP contribution in [0.2, 0.25) is 0 Å². The minimum atomic E-state index is -0.191. The summed E-state index contributed by atoms with van der Waals surface area (Å²) in [6.45, 7) is 4.21. The molecule has 0 aliphatic carbocycles. The number of amides is 1. The average molecular weight is 406 g/mol. The normalized spacial score (nSPS) is 23.7. The molecule has 3 rings (SSSR count). The first-order chi connectivity index (χ1) is 11.7. The average Bonchev–Trinajstić information content (AvgIpc) is 2.61. The summed E-state index contributed by atoms with van der Waals surface area (Å²) in [7, 11) is 1.97. The van der Waals surface area contributed by atoms with Crippen LogP contribution in [-0.2, 0) is 11.3 Å². The highest BCUT2D eigenvalue weighted by Crippen LogP contribution is 2.22. The molecule has 2 unspecified atom stereocenters. The van der Waals surface area contributed by atoms with E-state index < -0.39 is 0 Å². The fourth-order valence-corrected chi connectivity index (χ4v) is 3.97. The lowest BCUT2D eigenvalue weighted by Gasteiger charge is -2.38. The third kappa shape index (κ3) is 6.08. The van der Waals surface area contributed by atoms with Crippen LogP contribution in [0.4, 0.5) is 4.39 Å². The maximum Gasteiger partial charge on any atom is 0.227 e. The molecular weight excluding hydrogens is 376 g/mol. The van der Waals surface area contributed by atoms with Crippen LogP contribution in [-0.4, -0.2) is 55.0 Å². The fraction of sp³-hybridized carbons (Fsp3) is 0.632. The minimum Gasteiger partial charge on any atom is -0.341 e. The molecule has 148 valence electrons. The molecule has 2 aliphatic heterocycles. The summed E-state index contributed by atoms with van der Waals surface area (Å²) >= 11 is 0. The summed E-state index contributed by atoms with van der Waals surface area (Å²) in [5, 5.41) is 3.30. The summed E-state index contributed by atoms with van der Waals surface area (Å²) < 4.78 is 13.4. The molecule has 1 N–H and O–H groups in total. The predicted molar refractivity (Wildman–Crippen MR) is 108 cm³/mol. The maximum atomic E-state index is 13.4. The molecular formula is C19H30Cl2FN3O. The van der Waals surface area contributed by atoms with Gasteiger partial charge in [0.15, 0.2) is 0 Å². The van der Waals surface area contributed by atoms with Gasteiger partial charge in [-0.2, -0.15) is 0 Å². The standard InChI is InChI=1S/C19H28FN3O.2ClH/c1-21-18-8-4-10-23(14-18)19(24)16-6-3-9-22(13-16)12-15-5-2-7-17(20)11-15;;/h2,5,7,11,16,18,21H,3-4,6,8-10,12-14H2,1H3;2*1H. The van der Waals surface area contributed by atoms with Crippen molar-refractivity contribution in [2.45, 2.75) is 38.3 Å². The van der Waals surface area contributed by atoms with Crippen molar-refractivity contribution in [1.82, 2.24) is 15.1 Å². The molecule has 26 heavy (non-hydrogen) atoms. The molecule has 2 atom stereocenters. The Hall–Kier alpha value is -0.880. The van der Waals surface area contributed by atoms with E-state index in [1.54, 1.807) is 12.1 Å². The Bertz CT molecular complexity index is 575. The van der Waals surface area contributed by atoms with E-state index in [0.29, 0.717) is 11.9 Å². The highest BCUT2D eigenvalue weighted by atomic mass is 35.5.